The monoisotopic (exact) mass is 432 g/mol. The van der Waals surface area contributed by atoms with E-state index in [1.807, 2.05) is 36.9 Å². The third-order valence-electron chi connectivity index (χ3n) is 5.66. The number of pyridine rings is 1. The van der Waals surface area contributed by atoms with Gasteiger partial charge in [0.1, 0.15) is 11.6 Å². The molecule has 0 bridgehead atoms. The van der Waals surface area contributed by atoms with E-state index in [9.17, 15) is 18.0 Å². The number of carbonyl (C=O) groups is 1. The van der Waals surface area contributed by atoms with Crippen LogP contribution in [0.2, 0.25) is 0 Å². The molecule has 1 aliphatic rings. The van der Waals surface area contributed by atoms with Crippen LogP contribution < -0.4 is 4.90 Å². The van der Waals surface area contributed by atoms with Gasteiger partial charge in [-0.15, -0.1) is 0 Å². The van der Waals surface area contributed by atoms with Gasteiger partial charge in [0.05, 0.1) is 23.9 Å². The Morgan fingerprint density at radius 2 is 1.87 bits per heavy atom. The summed E-state index contributed by atoms with van der Waals surface area (Å²) in [6.07, 6.45) is -1.93. The number of piperazine rings is 1. The minimum absolute atomic E-state index is 0.0428. The van der Waals surface area contributed by atoms with Gasteiger partial charge in [0.25, 0.3) is 5.91 Å². The zero-order chi connectivity index (χ0) is 22.2. The van der Waals surface area contributed by atoms with Crippen LogP contribution in [0.5, 0.6) is 0 Å². The van der Waals surface area contributed by atoms with Crippen LogP contribution in [-0.4, -0.2) is 46.5 Å². The minimum Gasteiger partial charge on any atom is -0.467 e. The van der Waals surface area contributed by atoms with Gasteiger partial charge in [-0.2, -0.15) is 13.2 Å². The first kappa shape index (κ1) is 21.0. The quantitative estimate of drug-likeness (QED) is 0.622. The lowest BCUT2D eigenvalue weighted by atomic mass is 10.2. The maximum absolute atomic E-state index is 13.1. The highest BCUT2D eigenvalue weighted by Crippen LogP contribution is 2.29. The number of alkyl halides is 3. The van der Waals surface area contributed by atoms with Crippen molar-refractivity contribution >= 4 is 11.7 Å². The highest BCUT2D eigenvalue weighted by atomic mass is 19.4. The first-order chi connectivity index (χ1) is 14.7. The molecule has 31 heavy (non-hydrogen) atoms. The molecule has 1 amide bonds. The van der Waals surface area contributed by atoms with E-state index in [1.54, 1.807) is 11.2 Å². The summed E-state index contributed by atoms with van der Waals surface area (Å²) in [5.74, 6) is 1.26. The van der Waals surface area contributed by atoms with Gasteiger partial charge >= 0.3 is 6.18 Å². The number of nitrogens with zero attached hydrogens (tertiary/aromatic N) is 4. The van der Waals surface area contributed by atoms with E-state index < -0.39 is 11.7 Å². The van der Waals surface area contributed by atoms with Gasteiger partial charge in [0.15, 0.2) is 0 Å². The van der Waals surface area contributed by atoms with Gasteiger partial charge in [-0.05, 0) is 44.2 Å². The average molecular weight is 432 g/mol. The molecular weight excluding hydrogens is 409 g/mol. The Hall–Kier alpha value is -3.23. The Labute approximate surface area is 177 Å². The van der Waals surface area contributed by atoms with E-state index >= 15 is 0 Å². The molecule has 0 spiro atoms. The second-order valence-electron chi connectivity index (χ2n) is 7.63. The molecule has 0 aromatic carbocycles. The van der Waals surface area contributed by atoms with E-state index in [-0.39, 0.29) is 5.91 Å². The summed E-state index contributed by atoms with van der Waals surface area (Å²) < 4.78 is 45.7. The van der Waals surface area contributed by atoms with Gasteiger partial charge < -0.3 is 18.8 Å². The molecular formula is C22H23F3N4O2. The molecule has 9 heteroatoms. The van der Waals surface area contributed by atoms with Crippen molar-refractivity contribution in [1.29, 1.82) is 0 Å². The fourth-order valence-corrected chi connectivity index (χ4v) is 3.87. The molecule has 0 atom stereocenters. The fourth-order valence-electron chi connectivity index (χ4n) is 3.87. The van der Waals surface area contributed by atoms with Crippen molar-refractivity contribution in [2.75, 3.05) is 31.1 Å². The van der Waals surface area contributed by atoms with Crippen molar-refractivity contribution in [2.24, 2.45) is 0 Å². The van der Waals surface area contributed by atoms with E-state index in [1.165, 1.54) is 6.07 Å². The van der Waals surface area contributed by atoms with Crippen LogP contribution in [-0.2, 0) is 12.7 Å². The molecule has 1 saturated heterocycles. The first-order valence-corrected chi connectivity index (χ1v) is 10.0. The Morgan fingerprint density at radius 3 is 2.45 bits per heavy atom. The van der Waals surface area contributed by atoms with E-state index in [0.29, 0.717) is 44.1 Å². The second kappa shape index (κ2) is 8.13. The zero-order valence-corrected chi connectivity index (χ0v) is 17.3. The Morgan fingerprint density at radius 1 is 1.13 bits per heavy atom. The van der Waals surface area contributed by atoms with Crippen LogP contribution in [0.4, 0.5) is 19.0 Å². The first-order valence-electron chi connectivity index (χ1n) is 10.0. The number of furan rings is 1. The lowest BCUT2D eigenvalue weighted by Crippen LogP contribution is -2.49. The average Bonchev–Trinajstić information content (AvgIpc) is 3.37. The lowest BCUT2D eigenvalue weighted by molar-refractivity contribution is -0.137. The molecule has 0 radical (unpaired) electrons. The summed E-state index contributed by atoms with van der Waals surface area (Å²) in [5, 5.41) is 0. The summed E-state index contributed by atoms with van der Waals surface area (Å²) in [6, 6.07) is 8.04. The van der Waals surface area contributed by atoms with Gasteiger partial charge in [-0.25, -0.2) is 4.98 Å². The second-order valence-corrected chi connectivity index (χ2v) is 7.63. The number of aryl methyl sites for hydroxylation is 1. The normalized spacial score (nSPS) is 14.9. The molecule has 0 saturated carbocycles. The SMILES string of the molecule is Cc1cc(C(=O)N2CCN(c3ccc(C(F)(F)F)cn3)CC2)c(C)n1Cc1ccco1. The summed E-state index contributed by atoms with van der Waals surface area (Å²) >= 11 is 0. The predicted octanol–water partition coefficient (Wildman–Crippen LogP) is 4.12. The summed E-state index contributed by atoms with van der Waals surface area (Å²) in [4.78, 5) is 20.7. The molecule has 4 rings (SSSR count). The van der Waals surface area contributed by atoms with Gasteiger partial charge in [-0.3, -0.25) is 4.79 Å². The molecule has 0 aliphatic carbocycles. The van der Waals surface area contributed by atoms with Crippen LogP contribution in [0.15, 0.2) is 47.2 Å². The number of halogens is 3. The Bertz CT molecular complexity index is 1050. The molecule has 0 N–H and O–H groups in total. The van der Waals surface area contributed by atoms with Gasteiger partial charge in [0, 0.05) is 43.8 Å². The standard InChI is InChI=1S/C22H23F3N4O2/c1-15-12-19(16(2)29(15)14-18-4-3-11-31-18)21(30)28-9-7-27(8-10-28)20-6-5-17(13-26-20)22(23,24)25/h3-6,11-13H,7-10,14H2,1-2H3. The minimum atomic E-state index is -4.40. The number of aromatic nitrogens is 2. The zero-order valence-electron chi connectivity index (χ0n) is 17.3. The third kappa shape index (κ3) is 4.30. The molecule has 0 unspecified atom stereocenters. The van der Waals surface area contributed by atoms with E-state index in [0.717, 1.165) is 29.4 Å². The summed E-state index contributed by atoms with van der Waals surface area (Å²) in [6.45, 7) is 6.41. The highest BCUT2D eigenvalue weighted by molar-refractivity contribution is 5.96. The van der Waals surface area contributed by atoms with Crippen LogP contribution in [0.3, 0.4) is 0 Å². The largest absolute Gasteiger partial charge is 0.467 e. The summed E-state index contributed by atoms with van der Waals surface area (Å²) in [5.41, 5.74) is 1.75. The number of rotatable bonds is 4. The lowest BCUT2D eigenvalue weighted by Gasteiger charge is -2.35. The van der Waals surface area contributed by atoms with E-state index in [2.05, 4.69) is 9.55 Å². The fraction of sp³-hybridized carbons (Fsp3) is 0.364. The maximum atomic E-state index is 13.1. The van der Waals surface area contributed by atoms with Crippen molar-refractivity contribution in [1.82, 2.24) is 14.5 Å². The Kier molecular flexibility index (Phi) is 5.51. The van der Waals surface area contributed by atoms with Crippen molar-refractivity contribution in [3.63, 3.8) is 0 Å². The van der Waals surface area contributed by atoms with Crippen molar-refractivity contribution in [3.8, 4) is 0 Å². The molecule has 4 heterocycles. The van der Waals surface area contributed by atoms with E-state index in [4.69, 9.17) is 4.42 Å². The number of hydrogen-bond donors (Lipinski definition) is 0. The van der Waals surface area contributed by atoms with Gasteiger partial charge in [-0.1, -0.05) is 0 Å². The highest BCUT2D eigenvalue weighted by Gasteiger charge is 2.31. The molecule has 3 aromatic rings. The molecule has 164 valence electrons. The number of amides is 1. The summed E-state index contributed by atoms with van der Waals surface area (Å²) in [7, 11) is 0. The molecule has 1 fully saturated rings. The molecule has 3 aromatic heterocycles. The third-order valence-corrected chi connectivity index (χ3v) is 5.66. The van der Waals surface area contributed by atoms with Crippen molar-refractivity contribution in [3.05, 3.63) is 71.1 Å². The van der Waals surface area contributed by atoms with Crippen LogP contribution in [0.1, 0.15) is 33.1 Å². The number of hydrogen-bond acceptors (Lipinski definition) is 4. The maximum Gasteiger partial charge on any atom is 0.417 e. The smallest absolute Gasteiger partial charge is 0.417 e. The molecule has 6 nitrogen and oxygen atoms in total. The number of anilines is 1. The number of carbonyl (C=O) groups excluding carboxylic acids is 1. The molecule has 1 aliphatic heterocycles. The van der Waals surface area contributed by atoms with Crippen LogP contribution in [0.25, 0.3) is 0 Å². The van der Waals surface area contributed by atoms with Crippen molar-refractivity contribution in [2.45, 2.75) is 26.6 Å². The van der Waals surface area contributed by atoms with Crippen LogP contribution >= 0.6 is 0 Å². The topological polar surface area (TPSA) is 54.5 Å². The Balaban J connectivity index is 1.42. The van der Waals surface area contributed by atoms with Crippen molar-refractivity contribution < 1.29 is 22.4 Å². The van der Waals surface area contributed by atoms with Crippen LogP contribution in [0, 0.1) is 13.8 Å². The predicted molar refractivity (Wildman–Crippen MR) is 109 cm³/mol. The van der Waals surface area contributed by atoms with Gasteiger partial charge in [0.2, 0.25) is 0 Å².